The Hall–Kier alpha value is -2.20. The van der Waals surface area contributed by atoms with Crippen LogP contribution in [0.5, 0.6) is 0 Å². The topological polar surface area (TPSA) is 83.6 Å². The Kier molecular flexibility index (Phi) is 4.53. The summed E-state index contributed by atoms with van der Waals surface area (Å²) in [7, 11) is 0. The lowest BCUT2D eigenvalue weighted by atomic mass is 10.2. The van der Waals surface area contributed by atoms with Crippen LogP contribution in [0.25, 0.3) is 22.1 Å². The molecular formula is C17H12IN5OS. The van der Waals surface area contributed by atoms with Crippen LogP contribution in [0.3, 0.4) is 0 Å². The third kappa shape index (κ3) is 3.59. The maximum absolute atomic E-state index is 12.0. The monoisotopic (exact) mass is 461 g/mol. The van der Waals surface area contributed by atoms with Crippen molar-refractivity contribution in [3.63, 3.8) is 0 Å². The number of halogens is 1. The molecule has 0 atom stereocenters. The van der Waals surface area contributed by atoms with E-state index in [1.807, 2.05) is 48.5 Å². The number of fused-ring (bicyclic) bond motifs is 3. The van der Waals surface area contributed by atoms with E-state index in [-0.39, 0.29) is 11.7 Å². The molecule has 1 amide bonds. The van der Waals surface area contributed by atoms with Crippen molar-refractivity contribution in [1.29, 1.82) is 0 Å². The third-order valence-corrected chi connectivity index (χ3v) is 5.06. The lowest BCUT2D eigenvalue weighted by molar-refractivity contribution is -0.113. The third-order valence-electron chi connectivity index (χ3n) is 3.55. The number of hydrogen-bond donors (Lipinski definition) is 2. The normalized spacial score (nSPS) is 11.1. The number of rotatable bonds is 4. The molecule has 0 radical (unpaired) electrons. The van der Waals surface area contributed by atoms with Gasteiger partial charge in [-0.15, -0.1) is 10.2 Å². The number of anilines is 1. The van der Waals surface area contributed by atoms with Crippen LogP contribution in [-0.4, -0.2) is 31.8 Å². The van der Waals surface area contributed by atoms with E-state index < -0.39 is 0 Å². The van der Waals surface area contributed by atoms with Gasteiger partial charge in [0.15, 0.2) is 5.65 Å². The highest BCUT2D eigenvalue weighted by atomic mass is 127. The molecule has 0 fully saturated rings. The zero-order chi connectivity index (χ0) is 17.2. The molecular weight excluding hydrogens is 449 g/mol. The molecule has 0 aliphatic rings. The summed E-state index contributed by atoms with van der Waals surface area (Å²) in [6, 6.07) is 15.4. The molecule has 0 bridgehead atoms. The molecule has 4 aromatic rings. The van der Waals surface area contributed by atoms with Crippen LogP contribution in [0, 0.1) is 3.57 Å². The summed E-state index contributed by atoms with van der Waals surface area (Å²) < 4.78 is 1.13. The maximum Gasteiger partial charge on any atom is 0.234 e. The van der Waals surface area contributed by atoms with Crippen molar-refractivity contribution in [1.82, 2.24) is 20.2 Å². The fraction of sp³-hybridized carbons (Fsp3) is 0.0588. The molecule has 2 heterocycles. The lowest BCUT2D eigenvalue weighted by Gasteiger charge is -2.03. The molecule has 0 unspecified atom stereocenters. The smallest absolute Gasteiger partial charge is 0.234 e. The molecule has 8 heteroatoms. The number of amides is 1. The number of carbonyl (C=O) groups excluding carboxylic acids is 1. The first-order chi connectivity index (χ1) is 12.2. The summed E-state index contributed by atoms with van der Waals surface area (Å²) in [6.45, 7) is 0. The van der Waals surface area contributed by atoms with E-state index in [2.05, 4.69) is 48.1 Å². The van der Waals surface area contributed by atoms with Gasteiger partial charge in [0.2, 0.25) is 11.1 Å². The van der Waals surface area contributed by atoms with Gasteiger partial charge in [-0.3, -0.25) is 4.79 Å². The van der Waals surface area contributed by atoms with E-state index in [1.165, 1.54) is 11.8 Å². The number of carbonyl (C=O) groups is 1. The van der Waals surface area contributed by atoms with Crippen LogP contribution in [0.15, 0.2) is 53.7 Å². The predicted octanol–water partition coefficient (Wildman–Crippen LogP) is 3.84. The molecule has 4 rings (SSSR count). The van der Waals surface area contributed by atoms with Gasteiger partial charge in [0, 0.05) is 20.2 Å². The Morgan fingerprint density at radius 1 is 1.16 bits per heavy atom. The molecule has 2 aromatic heterocycles. The van der Waals surface area contributed by atoms with E-state index >= 15 is 0 Å². The zero-order valence-electron chi connectivity index (χ0n) is 12.9. The summed E-state index contributed by atoms with van der Waals surface area (Å²) in [5.41, 5.74) is 3.17. The summed E-state index contributed by atoms with van der Waals surface area (Å²) in [5.74, 6) is 0.117. The predicted molar refractivity (Wildman–Crippen MR) is 108 cm³/mol. The summed E-state index contributed by atoms with van der Waals surface area (Å²) in [6.07, 6.45) is 0. The fourth-order valence-corrected chi connectivity index (χ4v) is 3.52. The average Bonchev–Trinajstić information content (AvgIpc) is 2.98. The first-order valence-corrected chi connectivity index (χ1v) is 9.55. The van der Waals surface area contributed by atoms with E-state index in [0.29, 0.717) is 10.8 Å². The van der Waals surface area contributed by atoms with Crippen LogP contribution >= 0.6 is 34.4 Å². The van der Waals surface area contributed by atoms with Gasteiger partial charge in [-0.1, -0.05) is 30.0 Å². The van der Waals surface area contributed by atoms with Crippen molar-refractivity contribution in [3.05, 3.63) is 52.1 Å². The molecule has 2 aromatic carbocycles. The molecule has 2 N–H and O–H groups in total. The van der Waals surface area contributed by atoms with E-state index in [4.69, 9.17) is 0 Å². The molecule has 25 heavy (non-hydrogen) atoms. The second-order valence-corrected chi connectivity index (χ2v) is 7.50. The van der Waals surface area contributed by atoms with Crippen molar-refractivity contribution >= 4 is 68.0 Å². The minimum absolute atomic E-state index is 0.105. The Labute approximate surface area is 161 Å². The molecule has 6 nitrogen and oxygen atoms in total. The Morgan fingerprint density at radius 3 is 2.84 bits per heavy atom. The zero-order valence-corrected chi connectivity index (χ0v) is 15.8. The van der Waals surface area contributed by atoms with Gasteiger partial charge in [-0.25, -0.2) is 4.98 Å². The van der Waals surface area contributed by atoms with Crippen molar-refractivity contribution in [3.8, 4) is 0 Å². The van der Waals surface area contributed by atoms with Crippen LogP contribution in [0.1, 0.15) is 0 Å². The van der Waals surface area contributed by atoms with Crippen LogP contribution < -0.4 is 5.32 Å². The second-order valence-electron chi connectivity index (χ2n) is 5.31. The van der Waals surface area contributed by atoms with Crippen molar-refractivity contribution in [2.45, 2.75) is 5.16 Å². The number of aromatic amines is 1. The number of nitrogens with one attached hydrogen (secondary N) is 2. The molecule has 0 spiro atoms. The highest BCUT2D eigenvalue weighted by Gasteiger charge is 2.11. The highest BCUT2D eigenvalue weighted by molar-refractivity contribution is 14.1. The number of thioether (sulfide) groups is 1. The summed E-state index contributed by atoms with van der Waals surface area (Å²) in [5, 5.41) is 12.7. The number of aromatic nitrogens is 4. The molecule has 0 aliphatic heterocycles. The summed E-state index contributed by atoms with van der Waals surface area (Å²) in [4.78, 5) is 19.7. The number of para-hydroxylation sites is 1. The van der Waals surface area contributed by atoms with Crippen LogP contribution in [-0.2, 0) is 4.79 Å². The minimum Gasteiger partial charge on any atom is -0.338 e. The fourth-order valence-electron chi connectivity index (χ4n) is 2.44. The maximum atomic E-state index is 12.0. The molecule has 124 valence electrons. The highest BCUT2D eigenvalue weighted by Crippen LogP contribution is 2.25. The second kappa shape index (κ2) is 6.96. The van der Waals surface area contributed by atoms with Crippen molar-refractivity contribution < 1.29 is 4.79 Å². The van der Waals surface area contributed by atoms with E-state index in [0.717, 1.165) is 25.7 Å². The van der Waals surface area contributed by atoms with E-state index in [1.54, 1.807) is 0 Å². The van der Waals surface area contributed by atoms with Gasteiger partial charge in [0.1, 0.15) is 5.52 Å². The quantitative estimate of drug-likeness (QED) is 0.357. The Morgan fingerprint density at radius 2 is 2.00 bits per heavy atom. The van der Waals surface area contributed by atoms with Gasteiger partial charge in [-0.05, 0) is 52.9 Å². The Balaban J connectivity index is 1.50. The van der Waals surface area contributed by atoms with Gasteiger partial charge in [-0.2, -0.15) is 0 Å². The van der Waals surface area contributed by atoms with Crippen LogP contribution in [0.2, 0.25) is 0 Å². The van der Waals surface area contributed by atoms with Crippen molar-refractivity contribution in [2.75, 3.05) is 11.1 Å². The molecule has 0 aliphatic carbocycles. The number of benzene rings is 2. The lowest BCUT2D eigenvalue weighted by Crippen LogP contribution is -2.14. The first-order valence-electron chi connectivity index (χ1n) is 7.48. The van der Waals surface area contributed by atoms with Gasteiger partial charge in [0.25, 0.3) is 0 Å². The Bertz CT molecular complexity index is 1070. The molecule has 0 saturated heterocycles. The minimum atomic E-state index is -0.105. The summed E-state index contributed by atoms with van der Waals surface area (Å²) >= 11 is 3.52. The van der Waals surface area contributed by atoms with Gasteiger partial charge < -0.3 is 10.3 Å². The number of nitrogens with zero attached hydrogens (tertiary/aromatic N) is 3. The van der Waals surface area contributed by atoms with Gasteiger partial charge in [0.05, 0.1) is 5.75 Å². The SMILES string of the molecule is O=C(CSc1nnc2c(n1)[nH]c1ccc(I)cc12)Nc1ccccc1. The first kappa shape index (κ1) is 16.3. The largest absolute Gasteiger partial charge is 0.338 e. The standard InChI is InChI=1S/C17H12IN5OS/c18-10-6-7-13-12(8-10)15-16(20-13)21-17(23-22-15)25-9-14(24)19-11-4-2-1-3-5-11/h1-8H,9H2,(H,19,24)(H,20,21,23). The number of H-pyrrole nitrogens is 1. The van der Waals surface area contributed by atoms with Gasteiger partial charge >= 0.3 is 0 Å². The van der Waals surface area contributed by atoms with E-state index in [9.17, 15) is 4.79 Å². The number of hydrogen-bond acceptors (Lipinski definition) is 5. The van der Waals surface area contributed by atoms with Crippen LogP contribution in [0.4, 0.5) is 5.69 Å². The van der Waals surface area contributed by atoms with Crippen molar-refractivity contribution in [2.24, 2.45) is 0 Å². The molecule has 0 saturated carbocycles. The average molecular weight is 461 g/mol.